The van der Waals surface area contributed by atoms with Crippen molar-refractivity contribution >= 4 is 18.0 Å². The SMILES string of the molecule is COc1ccc(/C=C/C(=O)OCC(=O)N[C@H]2CCCc3ccccc32)cc1OC. The number of methoxy groups -OCH3 is 2. The normalized spacial score (nSPS) is 15.4. The lowest BCUT2D eigenvalue weighted by Crippen LogP contribution is -2.34. The Bertz CT molecular complexity index is 906. The molecule has 1 atom stereocenters. The maximum atomic E-state index is 12.2. The van der Waals surface area contributed by atoms with Crippen molar-refractivity contribution in [1.82, 2.24) is 5.32 Å². The van der Waals surface area contributed by atoms with Crippen LogP contribution in [-0.4, -0.2) is 32.7 Å². The van der Waals surface area contributed by atoms with E-state index in [-0.39, 0.29) is 18.6 Å². The fourth-order valence-electron chi connectivity index (χ4n) is 3.45. The molecular formula is C23H25NO5. The highest BCUT2D eigenvalue weighted by Crippen LogP contribution is 2.29. The summed E-state index contributed by atoms with van der Waals surface area (Å²) >= 11 is 0. The summed E-state index contributed by atoms with van der Waals surface area (Å²) in [7, 11) is 3.10. The van der Waals surface area contributed by atoms with Gasteiger partial charge in [-0.2, -0.15) is 0 Å². The van der Waals surface area contributed by atoms with Gasteiger partial charge in [0, 0.05) is 6.08 Å². The molecule has 0 saturated carbocycles. The monoisotopic (exact) mass is 395 g/mol. The van der Waals surface area contributed by atoms with Crippen LogP contribution in [0.4, 0.5) is 0 Å². The first-order valence-electron chi connectivity index (χ1n) is 9.54. The lowest BCUT2D eigenvalue weighted by molar-refractivity contribution is -0.144. The van der Waals surface area contributed by atoms with Gasteiger partial charge in [-0.3, -0.25) is 4.79 Å². The number of benzene rings is 2. The first-order chi connectivity index (χ1) is 14.1. The van der Waals surface area contributed by atoms with Crippen molar-refractivity contribution in [3.05, 3.63) is 65.2 Å². The molecule has 0 unspecified atom stereocenters. The van der Waals surface area contributed by atoms with Gasteiger partial charge >= 0.3 is 5.97 Å². The quantitative estimate of drug-likeness (QED) is 0.574. The van der Waals surface area contributed by atoms with Crippen LogP contribution < -0.4 is 14.8 Å². The number of hydrogen-bond donors (Lipinski definition) is 1. The molecule has 6 heteroatoms. The van der Waals surface area contributed by atoms with Gasteiger partial charge in [0.05, 0.1) is 20.3 Å². The zero-order valence-electron chi connectivity index (χ0n) is 16.6. The average Bonchev–Trinajstić information content (AvgIpc) is 2.76. The van der Waals surface area contributed by atoms with E-state index in [0.717, 1.165) is 30.4 Å². The van der Waals surface area contributed by atoms with Crippen molar-refractivity contribution in [1.29, 1.82) is 0 Å². The Hall–Kier alpha value is -3.28. The maximum absolute atomic E-state index is 12.2. The van der Waals surface area contributed by atoms with Gasteiger partial charge < -0.3 is 19.5 Å². The second kappa shape index (κ2) is 9.78. The lowest BCUT2D eigenvalue weighted by Gasteiger charge is -2.26. The van der Waals surface area contributed by atoms with Crippen LogP contribution in [0, 0.1) is 0 Å². The van der Waals surface area contributed by atoms with Crippen LogP contribution >= 0.6 is 0 Å². The zero-order chi connectivity index (χ0) is 20.6. The molecule has 2 aromatic rings. The third-order valence-corrected chi connectivity index (χ3v) is 4.87. The number of amides is 1. The first-order valence-corrected chi connectivity index (χ1v) is 9.54. The minimum Gasteiger partial charge on any atom is -0.493 e. The number of ether oxygens (including phenoxy) is 3. The van der Waals surface area contributed by atoms with Gasteiger partial charge in [-0.1, -0.05) is 30.3 Å². The third-order valence-electron chi connectivity index (χ3n) is 4.87. The second-order valence-corrected chi connectivity index (χ2v) is 6.77. The highest BCUT2D eigenvalue weighted by molar-refractivity contribution is 5.89. The Labute approximate surface area is 170 Å². The van der Waals surface area contributed by atoms with Crippen LogP contribution in [0.2, 0.25) is 0 Å². The van der Waals surface area contributed by atoms with E-state index >= 15 is 0 Å². The predicted octanol–water partition coefficient (Wildman–Crippen LogP) is 3.45. The second-order valence-electron chi connectivity index (χ2n) is 6.77. The van der Waals surface area contributed by atoms with Gasteiger partial charge in [0.25, 0.3) is 5.91 Å². The van der Waals surface area contributed by atoms with Gasteiger partial charge in [-0.15, -0.1) is 0 Å². The van der Waals surface area contributed by atoms with Crippen molar-refractivity contribution in [3.8, 4) is 11.5 Å². The predicted molar refractivity (Wildman–Crippen MR) is 110 cm³/mol. The Kier molecular flexibility index (Phi) is 6.89. The minimum atomic E-state index is -0.584. The number of carbonyl (C=O) groups is 2. The highest BCUT2D eigenvalue weighted by atomic mass is 16.5. The summed E-state index contributed by atoms with van der Waals surface area (Å²) in [5.74, 6) is 0.280. The van der Waals surface area contributed by atoms with E-state index in [4.69, 9.17) is 14.2 Å². The zero-order valence-corrected chi connectivity index (χ0v) is 16.6. The van der Waals surface area contributed by atoms with Crippen molar-refractivity contribution in [3.63, 3.8) is 0 Å². The Morgan fingerprint density at radius 3 is 2.69 bits per heavy atom. The molecular weight excluding hydrogens is 370 g/mol. The van der Waals surface area contributed by atoms with Crippen molar-refractivity contribution in [2.45, 2.75) is 25.3 Å². The molecule has 1 aliphatic rings. The molecule has 152 valence electrons. The Morgan fingerprint density at radius 2 is 1.90 bits per heavy atom. The third kappa shape index (κ3) is 5.38. The fourth-order valence-corrected chi connectivity index (χ4v) is 3.45. The number of aryl methyl sites for hydroxylation is 1. The smallest absolute Gasteiger partial charge is 0.331 e. The van der Waals surface area contributed by atoms with Gasteiger partial charge in [0.2, 0.25) is 0 Å². The fraction of sp³-hybridized carbons (Fsp3) is 0.304. The summed E-state index contributed by atoms with van der Waals surface area (Å²) in [6, 6.07) is 13.4. The standard InChI is InChI=1S/C23H25NO5/c1-27-20-12-10-16(14-21(20)28-2)11-13-23(26)29-15-22(25)24-19-9-5-7-17-6-3-4-8-18(17)19/h3-4,6,8,10-14,19H,5,7,9,15H2,1-2H3,(H,24,25)/b13-11+/t19-/m0/s1. The van der Waals surface area contributed by atoms with E-state index in [1.165, 1.54) is 11.6 Å². The van der Waals surface area contributed by atoms with Crippen LogP contribution in [-0.2, 0) is 20.7 Å². The molecule has 1 N–H and O–H groups in total. The van der Waals surface area contributed by atoms with Crippen molar-refractivity contribution in [2.75, 3.05) is 20.8 Å². The Balaban J connectivity index is 1.51. The molecule has 2 aromatic carbocycles. The molecule has 1 amide bonds. The minimum absolute atomic E-state index is 0.0338. The molecule has 0 radical (unpaired) electrons. The molecule has 1 aliphatic carbocycles. The van der Waals surface area contributed by atoms with E-state index in [1.54, 1.807) is 38.5 Å². The summed E-state index contributed by atoms with van der Waals surface area (Å²) in [5.41, 5.74) is 3.16. The topological polar surface area (TPSA) is 73.9 Å². The highest BCUT2D eigenvalue weighted by Gasteiger charge is 2.21. The number of esters is 1. The number of fused-ring (bicyclic) bond motifs is 1. The van der Waals surface area contributed by atoms with E-state index in [0.29, 0.717) is 11.5 Å². The van der Waals surface area contributed by atoms with Gasteiger partial charge in [0.15, 0.2) is 18.1 Å². The molecule has 0 aliphatic heterocycles. The molecule has 0 saturated heterocycles. The molecule has 0 spiro atoms. The van der Waals surface area contributed by atoms with E-state index in [1.807, 2.05) is 18.2 Å². The lowest BCUT2D eigenvalue weighted by atomic mass is 9.88. The molecule has 3 rings (SSSR count). The summed E-state index contributed by atoms with van der Waals surface area (Å²) in [4.78, 5) is 24.2. The van der Waals surface area contributed by atoms with E-state index in [9.17, 15) is 9.59 Å². The van der Waals surface area contributed by atoms with E-state index in [2.05, 4.69) is 11.4 Å². The van der Waals surface area contributed by atoms with Crippen molar-refractivity contribution in [2.24, 2.45) is 0 Å². The van der Waals surface area contributed by atoms with Crippen LogP contribution in [0.5, 0.6) is 11.5 Å². The number of rotatable bonds is 7. The summed E-state index contributed by atoms with van der Waals surface area (Å²) in [6.07, 6.45) is 5.81. The number of hydrogen-bond acceptors (Lipinski definition) is 5. The first kappa shape index (κ1) is 20.5. The molecule has 6 nitrogen and oxygen atoms in total. The van der Waals surface area contributed by atoms with Gasteiger partial charge in [-0.25, -0.2) is 4.79 Å². The maximum Gasteiger partial charge on any atom is 0.331 e. The molecule has 29 heavy (non-hydrogen) atoms. The van der Waals surface area contributed by atoms with Gasteiger partial charge in [-0.05, 0) is 54.2 Å². The number of carbonyl (C=O) groups excluding carboxylic acids is 2. The van der Waals surface area contributed by atoms with Crippen molar-refractivity contribution < 1.29 is 23.8 Å². The molecule has 0 aromatic heterocycles. The van der Waals surface area contributed by atoms with Crippen LogP contribution in [0.15, 0.2) is 48.5 Å². The molecule has 0 bridgehead atoms. The molecule has 0 heterocycles. The summed E-state index contributed by atoms with van der Waals surface area (Å²) < 4.78 is 15.5. The summed E-state index contributed by atoms with van der Waals surface area (Å²) in [6.45, 7) is -0.312. The summed E-state index contributed by atoms with van der Waals surface area (Å²) in [5, 5.41) is 2.96. The average molecular weight is 395 g/mol. The van der Waals surface area contributed by atoms with Crippen LogP contribution in [0.1, 0.15) is 35.6 Å². The number of nitrogens with one attached hydrogen (secondary N) is 1. The van der Waals surface area contributed by atoms with Gasteiger partial charge in [0.1, 0.15) is 0 Å². The Morgan fingerprint density at radius 1 is 1.10 bits per heavy atom. The molecule has 0 fully saturated rings. The van der Waals surface area contributed by atoms with Crippen LogP contribution in [0.25, 0.3) is 6.08 Å². The van der Waals surface area contributed by atoms with E-state index < -0.39 is 5.97 Å². The van der Waals surface area contributed by atoms with Crippen LogP contribution in [0.3, 0.4) is 0 Å². The largest absolute Gasteiger partial charge is 0.493 e.